The molecule has 0 aliphatic carbocycles. The van der Waals surface area contributed by atoms with Crippen LogP contribution in [-0.4, -0.2) is 32.9 Å². The molecular weight excluding hydrogens is 496 g/mol. The molecule has 188 valence electrons. The number of methoxy groups -OCH3 is 1. The predicted molar refractivity (Wildman–Crippen MR) is 139 cm³/mol. The molecule has 0 saturated carbocycles. The standard InChI is InChI=1S/C26H28N4O4S2/c1-26(2)24-19(15-27)25(35-21(24)11-12-30(26)16-17-7-5-4-6-8-17)29-23(31)14-18-9-10-22(36(28,32)33)20(13-18)34-3/h4-10,13H,11-12,14,16H2,1-3H3,(H,29,31)(H2,28,32,33). The number of hydrogen-bond acceptors (Lipinski definition) is 7. The van der Waals surface area contributed by atoms with Gasteiger partial charge in [-0.15, -0.1) is 11.3 Å². The van der Waals surface area contributed by atoms with E-state index in [2.05, 4.69) is 42.3 Å². The molecule has 3 aromatic rings. The van der Waals surface area contributed by atoms with Gasteiger partial charge in [-0.25, -0.2) is 13.6 Å². The summed E-state index contributed by atoms with van der Waals surface area (Å²) in [5.41, 5.74) is 2.84. The van der Waals surface area contributed by atoms with Gasteiger partial charge in [0.25, 0.3) is 0 Å². The summed E-state index contributed by atoms with van der Waals surface area (Å²) in [5.74, 6) is -0.234. The fourth-order valence-corrected chi connectivity index (χ4v) is 6.65. The highest BCUT2D eigenvalue weighted by atomic mass is 32.2. The van der Waals surface area contributed by atoms with Gasteiger partial charge in [0, 0.05) is 29.1 Å². The zero-order valence-corrected chi connectivity index (χ0v) is 22.0. The maximum atomic E-state index is 12.9. The number of nitriles is 1. The van der Waals surface area contributed by atoms with Gasteiger partial charge in [0.15, 0.2) is 0 Å². The van der Waals surface area contributed by atoms with E-state index in [1.54, 1.807) is 0 Å². The first-order chi connectivity index (χ1) is 17.0. The Labute approximate surface area is 215 Å². The Hall–Kier alpha value is -3.23. The van der Waals surface area contributed by atoms with Crippen LogP contribution in [0.5, 0.6) is 5.75 Å². The number of nitrogens with zero attached hydrogens (tertiary/aromatic N) is 2. The minimum atomic E-state index is -3.95. The topological polar surface area (TPSA) is 126 Å². The number of hydrogen-bond donors (Lipinski definition) is 2. The van der Waals surface area contributed by atoms with Crippen LogP contribution < -0.4 is 15.2 Å². The second-order valence-electron chi connectivity index (χ2n) is 9.19. The van der Waals surface area contributed by atoms with Crippen LogP contribution in [0.25, 0.3) is 0 Å². The molecule has 3 N–H and O–H groups in total. The molecule has 1 aliphatic rings. The summed E-state index contributed by atoms with van der Waals surface area (Å²) in [4.78, 5) is 16.2. The second kappa shape index (κ2) is 10.0. The zero-order chi connectivity index (χ0) is 26.1. The molecule has 0 unspecified atom stereocenters. The molecule has 0 saturated heterocycles. The van der Waals surface area contributed by atoms with E-state index in [1.165, 1.54) is 42.2 Å². The Morgan fingerprint density at radius 2 is 1.94 bits per heavy atom. The van der Waals surface area contributed by atoms with Gasteiger partial charge in [0.2, 0.25) is 15.9 Å². The Morgan fingerprint density at radius 1 is 1.22 bits per heavy atom. The lowest BCUT2D eigenvalue weighted by atomic mass is 9.85. The van der Waals surface area contributed by atoms with Gasteiger partial charge < -0.3 is 10.1 Å². The SMILES string of the molecule is COc1cc(CC(=O)Nc2sc3c(c2C#N)C(C)(C)N(Cc2ccccc2)CC3)ccc1S(N)(=O)=O. The molecule has 2 aromatic carbocycles. The van der Waals surface area contributed by atoms with Crippen molar-refractivity contribution >= 4 is 32.3 Å². The van der Waals surface area contributed by atoms with E-state index in [9.17, 15) is 18.5 Å². The molecule has 0 fully saturated rings. The highest BCUT2D eigenvalue weighted by Crippen LogP contribution is 2.45. The van der Waals surface area contributed by atoms with E-state index in [-0.39, 0.29) is 28.5 Å². The van der Waals surface area contributed by atoms with Gasteiger partial charge in [-0.2, -0.15) is 5.26 Å². The van der Waals surface area contributed by atoms with Gasteiger partial charge in [-0.1, -0.05) is 36.4 Å². The van der Waals surface area contributed by atoms with E-state index in [0.29, 0.717) is 16.1 Å². The lowest BCUT2D eigenvalue weighted by molar-refractivity contribution is -0.115. The number of sulfonamides is 1. The van der Waals surface area contributed by atoms with Gasteiger partial charge in [-0.3, -0.25) is 9.69 Å². The largest absolute Gasteiger partial charge is 0.495 e. The van der Waals surface area contributed by atoms with Crippen LogP contribution in [-0.2, 0) is 39.7 Å². The molecule has 0 spiro atoms. The summed E-state index contributed by atoms with van der Waals surface area (Å²) in [6.07, 6.45) is 0.783. The highest BCUT2D eigenvalue weighted by Gasteiger charge is 2.39. The van der Waals surface area contributed by atoms with E-state index >= 15 is 0 Å². The van der Waals surface area contributed by atoms with Crippen molar-refractivity contribution < 1.29 is 17.9 Å². The Kier molecular flexibility index (Phi) is 7.20. The van der Waals surface area contributed by atoms with Crippen molar-refractivity contribution in [3.8, 4) is 11.8 Å². The summed E-state index contributed by atoms with van der Waals surface area (Å²) < 4.78 is 28.6. The average Bonchev–Trinajstić information content (AvgIpc) is 3.19. The number of thiophene rings is 1. The summed E-state index contributed by atoms with van der Waals surface area (Å²) in [7, 11) is -2.61. The molecule has 10 heteroatoms. The first-order valence-corrected chi connectivity index (χ1v) is 13.8. The minimum absolute atomic E-state index is 0.0157. The van der Waals surface area contributed by atoms with Crippen LogP contribution in [0.4, 0.5) is 5.00 Å². The number of primary sulfonamides is 1. The van der Waals surface area contributed by atoms with Crippen molar-refractivity contribution in [1.29, 1.82) is 5.26 Å². The first kappa shape index (κ1) is 25.9. The zero-order valence-electron chi connectivity index (χ0n) is 20.4. The van der Waals surface area contributed by atoms with Gasteiger partial charge in [-0.05, 0) is 43.5 Å². The molecule has 0 radical (unpaired) electrons. The normalized spacial score (nSPS) is 15.1. The number of ether oxygens (including phenoxy) is 1. The fraction of sp³-hybridized carbons (Fsp3) is 0.308. The predicted octanol–water partition coefficient (Wildman–Crippen LogP) is 3.75. The molecule has 36 heavy (non-hydrogen) atoms. The maximum absolute atomic E-state index is 12.9. The molecule has 8 nitrogen and oxygen atoms in total. The number of rotatable bonds is 7. The molecule has 0 atom stereocenters. The number of nitrogens with one attached hydrogen (secondary N) is 1. The summed E-state index contributed by atoms with van der Waals surface area (Å²) in [6.45, 7) is 5.86. The molecular formula is C26H28N4O4S2. The number of nitrogens with two attached hydrogens (primary N) is 1. The van der Waals surface area contributed by atoms with Crippen LogP contribution in [0.2, 0.25) is 0 Å². The van der Waals surface area contributed by atoms with Crippen LogP contribution in [0.1, 0.15) is 41.0 Å². The number of carbonyl (C=O) groups is 1. The van der Waals surface area contributed by atoms with Crippen molar-refractivity contribution in [2.24, 2.45) is 5.14 Å². The minimum Gasteiger partial charge on any atom is -0.495 e. The lowest BCUT2D eigenvalue weighted by Gasteiger charge is -2.43. The van der Waals surface area contributed by atoms with Crippen molar-refractivity contribution in [3.05, 3.63) is 75.7 Å². The number of fused-ring (bicyclic) bond motifs is 1. The number of carbonyl (C=O) groups excluding carboxylic acids is 1. The molecule has 2 heterocycles. The van der Waals surface area contributed by atoms with Crippen LogP contribution in [0.15, 0.2) is 53.4 Å². The number of benzene rings is 2. The van der Waals surface area contributed by atoms with Crippen molar-refractivity contribution in [2.75, 3.05) is 19.0 Å². The number of anilines is 1. The summed E-state index contributed by atoms with van der Waals surface area (Å²) in [5, 5.41) is 18.7. The smallest absolute Gasteiger partial charge is 0.241 e. The van der Waals surface area contributed by atoms with E-state index in [4.69, 9.17) is 9.88 Å². The van der Waals surface area contributed by atoms with E-state index in [1.807, 2.05) is 18.2 Å². The van der Waals surface area contributed by atoms with Crippen molar-refractivity contribution in [3.63, 3.8) is 0 Å². The highest BCUT2D eigenvalue weighted by molar-refractivity contribution is 7.89. The number of amides is 1. The van der Waals surface area contributed by atoms with Gasteiger partial charge >= 0.3 is 0 Å². The van der Waals surface area contributed by atoms with Crippen LogP contribution >= 0.6 is 11.3 Å². The lowest BCUT2D eigenvalue weighted by Crippen LogP contribution is -2.46. The third-order valence-corrected chi connectivity index (χ3v) is 8.59. The Bertz CT molecular complexity index is 1440. The van der Waals surface area contributed by atoms with E-state index in [0.717, 1.165) is 30.0 Å². The molecule has 1 aromatic heterocycles. The second-order valence-corrected chi connectivity index (χ2v) is 11.8. The summed E-state index contributed by atoms with van der Waals surface area (Å²) >= 11 is 1.45. The third-order valence-electron chi connectivity index (χ3n) is 6.47. The van der Waals surface area contributed by atoms with Crippen molar-refractivity contribution in [1.82, 2.24) is 4.90 Å². The Morgan fingerprint density at radius 3 is 2.58 bits per heavy atom. The quantitative estimate of drug-likeness (QED) is 0.485. The van der Waals surface area contributed by atoms with Crippen LogP contribution in [0.3, 0.4) is 0 Å². The average molecular weight is 525 g/mol. The van der Waals surface area contributed by atoms with Crippen molar-refractivity contribution in [2.45, 2.75) is 43.7 Å². The molecule has 0 bridgehead atoms. The molecule has 1 amide bonds. The Balaban J connectivity index is 1.56. The molecule has 1 aliphatic heterocycles. The van der Waals surface area contributed by atoms with E-state index < -0.39 is 10.0 Å². The van der Waals surface area contributed by atoms with Gasteiger partial charge in [0.1, 0.15) is 21.7 Å². The summed E-state index contributed by atoms with van der Waals surface area (Å²) in [6, 6.07) is 16.9. The monoisotopic (exact) mass is 524 g/mol. The van der Waals surface area contributed by atoms with Gasteiger partial charge in [0.05, 0.1) is 19.1 Å². The molecule has 4 rings (SSSR count). The van der Waals surface area contributed by atoms with Crippen LogP contribution in [0, 0.1) is 11.3 Å². The third kappa shape index (κ3) is 5.15. The first-order valence-electron chi connectivity index (χ1n) is 11.4. The fourth-order valence-electron chi connectivity index (χ4n) is 4.66. The maximum Gasteiger partial charge on any atom is 0.241 e.